The van der Waals surface area contributed by atoms with E-state index >= 15 is 0 Å². The van der Waals surface area contributed by atoms with E-state index in [1.807, 2.05) is 43.3 Å². The largest absolute Gasteiger partial charge is 0.390 e. The Hall–Kier alpha value is -1.43. The zero-order valence-electron chi connectivity index (χ0n) is 16.0. The summed E-state index contributed by atoms with van der Waals surface area (Å²) in [4.78, 5) is 16.5. The average Bonchev–Trinajstić information content (AvgIpc) is 2.51. The van der Waals surface area contributed by atoms with Gasteiger partial charge in [0, 0.05) is 18.7 Å². The van der Waals surface area contributed by atoms with Gasteiger partial charge in [-0.1, -0.05) is 12.1 Å². The van der Waals surface area contributed by atoms with Crippen molar-refractivity contribution in [2.45, 2.75) is 50.7 Å². The number of hydrogen-bond acceptors (Lipinski definition) is 4. The van der Waals surface area contributed by atoms with E-state index in [1.54, 1.807) is 18.7 Å². The van der Waals surface area contributed by atoms with Crippen LogP contribution in [0.4, 0.5) is 0 Å². The van der Waals surface area contributed by atoms with Crippen LogP contribution in [0.2, 0.25) is 0 Å². The highest BCUT2D eigenvalue weighted by Gasteiger charge is 2.35. The molecule has 0 unspecified atom stereocenters. The minimum atomic E-state index is -0.829. The number of rotatable bonds is 6. The summed E-state index contributed by atoms with van der Waals surface area (Å²) in [6, 6.07) is 7.60. The lowest BCUT2D eigenvalue weighted by molar-refractivity contribution is -0.0391. The van der Waals surface area contributed by atoms with Crippen LogP contribution in [0.25, 0.3) is 0 Å². The number of hydrogen-bond donors (Lipinski definition) is 2. The molecule has 0 saturated carbocycles. The summed E-state index contributed by atoms with van der Waals surface area (Å²) in [5.74, 6) is -0.0223. The van der Waals surface area contributed by atoms with Gasteiger partial charge in [0.1, 0.15) is 0 Å². The minimum Gasteiger partial charge on any atom is -0.390 e. The molecule has 1 saturated heterocycles. The van der Waals surface area contributed by atoms with Gasteiger partial charge in [-0.3, -0.25) is 4.79 Å². The van der Waals surface area contributed by atoms with E-state index in [-0.39, 0.29) is 5.91 Å². The van der Waals surface area contributed by atoms with Crippen LogP contribution in [0.1, 0.15) is 49.0 Å². The topological polar surface area (TPSA) is 64.0 Å². The lowest BCUT2D eigenvalue weighted by Gasteiger charge is -2.40. The Morgan fingerprint density at radius 2 is 1.92 bits per heavy atom. The third-order valence-corrected chi connectivity index (χ3v) is 4.68. The SMILES string of the molecule is CN(C)C[C@]1(O)CCCN(C(=O)c2ccc(CCC(C)(C)O)cc2)C1. The van der Waals surface area contributed by atoms with Crippen molar-refractivity contribution in [1.29, 1.82) is 0 Å². The molecule has 0 aromatic heterocycles. The lowest BCUT2D eigenvalue weighted by Crippen LogP contribution is -2.54. The molecule has 140 valence electrons. The molecule has 1 fully saturated rings. The van der Waals surface area contributed by atoms with Crippen LogP contribution >= 0.6 is 0 Å². The molecule has 1 atom stereocenters. The number of amides is 1. The zero-order chi connectivity index (χ0) is 18.7. The molecular weight excluding hydrogens is 316 g/mol. The molecule has 2 N–H and O–H groups in total. The smallest absolute Gasteiger partial charge is 0.253 e. The van der Waals surface area contributed by atoms with Gasteiger partial charge < -0.3 is 20.0 Å². The van der Waals surface area contributed by atoms with Crippen LogP contribution in [0.5, 0.6) is 0 Å². The fourth-order valence-corrected chi connectivity index (χ4v) is 3.45. The fraction of sp³-hybridized carbons (Fsp3) is 0.650. The van der Waals surface area contributed by atoms with Crippen molar-refractivity contribution >= 4 is 5.91 Å². The Kier molecular flexibility index (Phi) is 6.25. The molecular formula is C20H32N2O3. The fourth-order valence-electron chi connectivity index (χ4n) is 3.45. The van der Waals surface area contributed by atoms with Gasteiger partial charge in [0.15, 0.2) is 0 Å². The quantitative estimate of drug-likeness (QED) is 0.824. The molecule has 1 aliphatic rings. The number of piperidine rings is 1. The molecule has 0 spiro atoms. The molecule has 1 amide bonds. The van der Waals surface area contributed by atoms with Crippen molar-refractivity contribution in [1.82, 2.24) is 9.80 Å². The number of aliphatic hydroxyl groups is 2. The molecule has 1 aromatic carbocycles. The molecule has 1 heterocycles. The Morgan fingerprint density at radius 1 is 1.28 bits per heavy atom. The zero-order valence-corrected chi connectivity index (χ0v) is 16.0. The van der Waals surface area contributed by atoms with E-state index in [0.29, 0.717) is 31.6 Å². The van der Waals surface area contributed by atoms with E-state index in [2.05, 4.69) is 0 Å². The summed E-state index contributed by atoms with van der Waals surface area (Å²) >= 11 is 0. The number of nitrogens with zero attached hydrogens (tertiary/aromatic N) is 2. The van der Waals surface area contributed by atoms with Gasteiger partial charge in [-0.2, -0.15) is 0 Å². The summed E-state index contributed by atoms with van der Waals surface area (Å²) in [6.07, 6.45) is 3.01. The highest BCUT2D eigenvalue weighted by atomic mass is 16.3. The second-order valence-corrected chi connectivity index (χ2v) is 8.30. The van der Waals surface area contributed by atoms with E-state index in [4.69, 9.17) is 0 Å². The van der Waals surface area contributed by atoms with E-state index < -0.39 is 11.2 Å². The van der Waals surface area contributed by atoms with Crippen LogP contribution in [0.3, 0.4) is 0 Å². The van der Waals surface area contributed by atoms with Crippen molar-refractivity contribution in [3.63, 3.8) is 0 Å². The first kappa shape index (κ1) is 19.9. The summed E-state index contributed by atoms with van der Waals surface area (Å²) in [5.41, 5.74) is 0.256. The Balaban J connectivity index is 2.00. The van der Waals surface area contributed by atoms with Crippen LogP contribution in [-0.2, 0) is 6.42 Å². The number of aryl methyl sites for hydroxylation is 1. The molecule has 1 aromatic rings. The van der Waals surface area contributed by atoms with Gasteiger partial charge in [-0.25, -0.2) is 0 Å². The second kappa shape index (κ2) is 7.85. The van der Waals surface area contributed by atoms with Crippen molar-refractivity contribution in [2.75, 3.05) is 33.7 Å². The van der Waals surface area contributed by atoms with Gasteiger partial charge in [-0.15, -0.1) is 0 Å². The molecule has 5 nitrogen and oxygen atoms in total. The summed E-state index contributed by atoms with van der Waals surface area (Å²) in [6.45, 7) is 5.23. The third-order valence-electron chi connectivity index (χ3n) is 4.68. The highest BCUT2D eigenvalue weighted by molar-refractivity contribution is 5.94. The van der Waals surface area contributed by atoms with E-state index in [9.17, 15) is 15.0 Å². The van der Waals surface area contributed by atoms with Crippen LogP contribution in [0, 0.1) is 0 Å². The van der Waals surface area contributed by atoms with Crippen molar-refractivity contribution < 1.29 is 15.0 Å². The number of likely N-dealkylation sites (N-methyl/N-ethyl adjacent to an activating group) is 1. The standard InChI is InChI=1S/C20H32N2O3/c1-19(2,24)12-10-16-6-8-17(9-7-16)18(23)22-13-5-11-20(25,15-22)14-21(3)4/h6-9,24-25H,5,10-15H2,1-4H3/t20-/m1/s1. The first-order chi connectivity index (χ1) is 11.6. The number of carbonyl (C=O) groups excluding carboxylic acids is 1. The maximum atomic E-state index is 12.8. The number of carbonyl (C=O) groups is 1. The lowest BCUT2D eigenvalue weighted by atomic mass is 9.91. The number of benzene rings is 1. The molecule has 2 rings (SSSR count). The van der Waals surface area contributed by atoms with Gasteiger partial charge in [-0.05, 0) is 71.3 Å². The molecule has 0 bridgehead atoms. The maximum absolute atomic E-state index is 12.8. The first-order valence-corrected chi connectivity index (χ1v) is 9.06. The van der Waals surface area contributed by atoms with Crippen molar-refractivity contribution in [3.05, 3.63) is 35.4 Å². The average molecular weight is 348 g/mol. The van der Waals surface area contributed by atoms with E-state index in [1.165, 1.54) is 0 Å². The van der Waals surface area contributed by atoms with Crippen molar-refractivity contribution in [3.8, 4) is 0 Å². The Labute approximate surface area is 151 Å². The molecule has 0 aliphatic carbocycles. The van der Waals surface area contributed by atoms with Crippen LogP contribution in [-0.4, -0.2) is 70.9 Å². The summed E-state index contributed by atoms with van der Waals surface area (Å²) in [5, 5.41) is 20.6. The molecule has 0 radical (unpaired) electrons. The molecule has 25 heavy (non-hydrogen) atoms. The van der Waals surface area contributed by atoms with Crippen LogP contribution < -0.4 is 0 Å². The van der Waals surface area contributed by atoms with Gasteiger partial charge in [0.05, 0.1) is 17.7 Å². The predicted molar refractivity (Wildman–Crippen MR) is 99.7 cm³/mol. The third kappa shape index (κ3) is 6.10. The number of β-amino-alcohol motifs (C(OH)–C–C–N with tert-alkyl or cyclic N) is 1. The molecule has 1 aliphatic heterocycles. The Morgan fingerprint density at radius 3 is 2.48 bits per heavy atom. The highest BCUT2D eigenvalue weighted by Crippen LogP contribution is 2.23. The first-order valence-electron chi connectivity index (χ1n) is 9.06. The minimum absolute atomic E-state index is 0.0223. The van der Waals surface area contributed by atoms with Crippen molar-refractivity contribution in [2.24, 2.45) is 0 Å². The maximum Gasteiger partial charge on any atom is 0.253 e. The van der Waals surface area contributed by atoms with Gasteiger partial charge in [0.2, 0.25) is 0 Å². The van der Waals surface area contributed by atoms with Gasteiger partial charge in [0.25, 0.3) is 5.91 Å². The molecule has 5 heteroatoms. The Bertz CT molecular complexity index is 578. The van der Waals surface area contributed by atoms with Crippen LogP contribution in [0.15, 0.2) is 24.3 Å². The second-order valence-electron chi connectivity index (χ2n) is 8.30. The predicted octanol–water partition coefficient (Wildman–Crippen LogP) is 1.92. The van der Waals surface area contributed by atoms with Gasteiger partial charge >= 0.3 is 0 Å². The summed E-state index contributed by atoms with van der Waals surface area (Å²) in [7, 11) is 3.87. The monoisotopic (exact) mass is 348 g/mol. The van der Waals surface area contributed by atoms with E-state index in [0.717, 1.165) is 24.8 Å². The number of likely N-dealkylation sites (tertiary alicyclic amines) is 1. The summed E-state index contributed by atoms with van der Waals surface area (Å²) < 4.78 is 0. The normalized spacial score (nSPS) is 21.6.